The number of carbonyl (C=O) groups is 3. The van der Waals surface area contributed by atoms with Crippen LogP contribution in [0.15, 0.2) is 60.8 Å². The third-order valence-electron chi connectivity index (χ3n) is 9.81. The summed E-state index contributed by atoms with van der Waals surface area (Å²) in [6, 6.07) is -1.57. The second-order valence-corrected chi connectivity index (χ2v) is 16.5. The summed E-state index contributed by atoms with van der Waals surface area (Å²) in [5, 5.41) is 40.2. The number of aliphatic hydroxyl groups excluding tert-OH is 3. The molecule has 1 unspecified atom stereocenters. The van der Waals surface area contributed by atoms with Crippen LogP contribution in [-0.4, -0.2) is 93.5 Å². The molecule has 0 aliphatic heterocycles. The Hall–Kier alpha value is -2.94. The van der Waals surface area contributed by atoms with Crippen LogP contribution in [0.4, 0.5) is 0 Å². The number of phosphoric acid groups is 1. The molecule has 338 valence electrons. The molecule has 0 saturated heterocycles. The third-order valence-corrected chi connectivity index (χ3v) is 10.8. The highest BCUT2D eigenvalue weighted by molar-refractivity contribution is 7.47. The van der Waals surface area contributed by atoms with Crippen molar-refractivity contribution in [2.24, 2.45) is 17.6 Å². The van der Waals surface area contributed by atoms with Crippen LogP contribution >= 0.6 is 7.82 Å². The molecule has 59 heavy (non-hydrogen) atoms. The number of phosphoric ester groups is 1. The molecule has 0 heterocycles. The Kier molecular flexibility index (Phi) is 30.9. The Balaban J connectivity index is 2.56. The lowest BCUT2D eigenvalue weighted by Crippen LogP contribution is -2.34. The molecule has 0 radical (unpaired) electrons. The molecule has 0 aromatic carbocycles. The number of carboxylic acid groups (broad SMARTS) is 1. The van der Waals surface area contributed by atoms with Crippen molar-refractivity contribution >= 4 is 25.7 Å². The van der Waals surface area contributed by atoms with Crippen molar-refractivity contribution in [1.29, 1.82) is 0 Å². The minimum absolute atomic E-state index is 0.0267. The van der Waals surface area contributed by atoms with Gasteiger partial charge in [-0.15, -0.1) is 0 Å². The van der Waals surface area contributed by atoms with E-state index in [-0.39, 0.29) is 31.1 Å². The molecule has 1 aliphatic carbocycles. The van der Waals surface area contributed by atoms with Crippen molar-refractivity contribution in [2.75, 3.05) is 19.8 Å². The van der Waals surface area contributed by atoms with E-state index in [1.54, 1.807) is 6.08 Å². The molecule has 1 saturated carbocycles. The molecule has 8 atom stereocenters. The first-order chi connectivity index (χ1) is 28.3. The summed E-state index contributed by atoms with van der Waals surface area (Å²) in [4.78, 5) is 46.1. The van der Waals surface area contributed by atoms with Crippen molar-refractivity contribution in [3.05, 3.63) is 60.8 Å². The van der Waals surface area contributed by atoms with Crippen molar-refractivity contribution in [2.45, 2.75) is 166 Å². The Labute approximate surface area is 352 Å². The lowest BCUT2D eigenvalue weighted by Gasteiger charge is -2.20. The van der Waals surface area contributed by atoms with Gasteiger partial charge in [0.25, 0.3) is 0 Å². The quantitative estimate of drug-likeness (QED) is 0.0156. The number of esters is 2. The van der Waals surface area contributed by atoms with Gasteiger partial charge in [0, 0.05) is 25.2 Å². The van der Waals surface area contributed by atoms with Crippen LogP contribution in [0.5, 0.6) is 0 Å². The summed E-state index contributed by atoms with van der Waals surface area (Å²) in [6.07, 6.45) is 31.0. The normalized spacial score (nSPS) is 21.2. The average Bonchev–Trinajstić information content (AvgIpc) is 3.47. The number of aliphatic carboxylic acids is 1. The highest BCUT2D eigenvalue weighted by Gasteiger charge is 2.39. The van der Waals surface area contributed by atoms with E-state index in [1.165, 1.54) is 19.3 Å². The van der Waals surface area contributed by atoms with Gasteiger partial charge in [0.2, 0.25) is 0 Å². The fourth-order valence-corrected chi connectivity index (χ4v) is 7.08. The molecular weight excluding hydrogens is 781 g/mol. The Morgan fingerprint density at radius 2 is 1.32 bits per heavy atom. The Morgan fingerprint density at radius 3 is 1.98 bits per heavy atom. The fourth-order valence-electron chi connectivity index (χ4n) is 6.30. The van der Waals surface area contributed by atoms with Crippen molar-refractivity contribution < 1.29 is 62.8 Å². The summed E-state index contributed by atoms with van der Waals surface area (Å²) in [7, 11) is -4.80. The number of hydrogen-bond acceptors (Lipinski definition) is 12. The van der Waals surface area contributed by atoms with Crippen LogP contribution in [0.2, 0.25) is 0 Å². The van der Waals surface area contributed by atoms with E-state index in [0.29, 0.717) is 32.1 Å². The summed E-state index contributed by atoms with van der Waals surface area (Å²) in [5.41, 5.74) is 5.32. The molecule has 14 nitrogen and oxygen atoms in total. The monoisotopic (exact) mass is 855 g/mol. The number of rotatable bonds is 35. The van der Waals surface area contributed by atoms with E-state index < -0.39 is 76.0 Å². The fraction of sp³-hybridized carbons (Fsp3) is 0.705. The second-order valence-electron chi connectivity index (χ2n) is 15.1. The van der Waals surface area contributed by atoms with Crippen molar-refractivity contribution in [1.82, 2.24) is 0 Å². The molecule has 0 spiro atoms. The van der Waals surface area contributed by atoms with E-state index in [9.17, 15) is 39.2 Å². The highest BCUT2D eigenvalue weighted by Crippen LogP contribution is 2.43. The zero-order valence-electron chi connectivity index (χ0n) is 35.4. The van der Waals surface area contributed by atoms with Crippen LogP contribution in [-0.2, 0) is 37.5 Å². The number of carbonyl (C=O) groups excluding carboxylic acids is 2. The summed E-state index contributed by atoms with van der Waals surface area (Å²) in [5.74, 6) is -3.15. The number of nitrogens with two attached hydrogens (primary N) is 1. The average molecular weight is 856 g/mol. The van der Waals surface area contributed by atoms with Gasteiger partial charge in [-0.2, -0.15) is 0 Å². The first-order valence-electron chi connectivity index (χ1n) is 21.6. The maximum absolute atomic E-state index is 12.7. The molecule has 0 amide bonds. The zero-order chi connectivity index (χ0) is 43.7. The van der Waals surface area contributed by atoms with E-state index in [4.69, 9.17) is 24.8 Å². The van der Waals surface area contributed by atoms with Crippen LogP contribution in [0, 0.1) is 11.8 Å². The number of ether oxygens (including phenoxy) is 2. The summed E-state index contributed by atoms with van der Waals surface area (Å²) in [6.45, 7) is 2.36. The molecule has 7 N–H and O–H groups in total. The minimum Gasteiger partial charge on any atom is -0.480 e. The van der Waals surface area contributed by atoms with Crippen LogP contribution in [0.3, 0.4) is 0 Å². The molecule has 15 heteroatoms. The standard InChI is InChI=1S/C44H74NO13P/c1-3-5-7-8-9-10-11-12-13-14-15-16-17-18-23-27-42(49)55-32-36(33-56-59(53,54)57-34-39(45)44(51)52)58-43(50)28-24-20-19-22-26-37-38(41(48)31-40(37)47)30-29-35(46)25-21-6-4-2/h9-10,12-13,15-16,19,22,29-30,35-41,46-48H,3-8,11,14,17-18,20-21,23-28,31-34,45H2,1-2H3,(H,51,52)(H,53,54)/b10-9-,13-12-,16-15-,22-19+,30-29+/t35-,36+,37+,38+,39-,40-,41+/m0/s1. The lowest BCUT2D eigenvalue weighted by molar-refractivity contribution is -0.161. The maximum atomic E-state index is 12.7. The van der Waals surface area contributed by atoms with Crippen molar-refractivity contribution in [3.8, 4) is 0 Å². The Morgan fingerprint density at radius 1 is 0.746 bits per heavy atom. The molecule has 1 fully saturated rings. The summed E-state index contributed by atoms with van der Waals surface area (Å²) < 4.78 is 32.6. The number of allylic oxidation sites excluding steroid dienone is 8. The largest absolute Gasteiger partial charge is 0.480 e. The Bertz CT molecular complexity index is 1350. The van der Waals surface area contributed by atoms with Gasteiger partial charge in [-0.25, -0.2) is 4.57 Å². The zero-order valence-corrected chi connectivity index (χ0v) is 36.3. The van der Waals surface area contributed by atoms with Crippen molar-refractivity contribution in [3.63, 3.8) is 0 Å². The third kappa shape index (κ3) is 28.3. The maximum Gasteiger partial charge on any atom is 0.472 e. The van der Waals surface area contributed by atoms with Gasteiger partial charge >= 0.3 is 25.7 Å². The number of hydrogen-bond donors (Lipinski definition) is 6. The van der Waals surface area contributed by atoms with Gasteiger partial charge in [0.05, 0.1) is 31.5 Å². The topological polar surface area (TPSA) is 232 Å². The van der Waals surface area contributed by atoms with E-state index >= 15 is 0 Å². The first-order valence-corrected chi connectivity index (χ1v) is 23.1. The van der Waals surface area contributed by atoms with E-state index in [1.807, 2.05) is 18.2 Å². The number of aliphatic hydroxyl groups is 3. The predicted molar refractivity (Wildman–Crippen MR) is 228 cm³/mol. The molecule has 0 aromatic rings. The summed E-state index contributed by atoms with van der Waals surface area (Å²) >= 11 is 0. The second kappa shape index (κ2) is 33.7. The number of unbranched alkanes of at least 4 members (excludes halogenated alkanes) is 8. The van der Waals surface area contributed by atoms with Gasteiger partial charge in [0.1, 0.15) is 12.6 Å². The molecule has 0 aromatic heterocycles. The SMILES string of the molecule is CCCCC/C=C\C/C=C\C/C=C\CCCCC(=O)OC[C@H](COP(=O)(O)OC[C@H](N)C(=O)O)OC(=O)CCC/C=C/C[C@@H]1[C@@H](/C=C/[C@@H](O)CCCCC)[C@H](O)C[C@@H]1O. The first kappa shape index (κ1) is 54.1. The molecular formula is C44H74NO13P. The van der Waals surface area contributed by atoms with Gasteiger partial charge in [-0.05, 0) is 76.5 Å². The highest BCUT2D eigenvalue weighted by atomic mass is 31.2. The van der Waals surface area contributed by atoms with Gasteiger partial charge in [0.15, 0.2) is 6.10 Å². The smallest absolute Gasteiger partial charge is 0.472 e. The van der Waals surface area contributed by atoms with Crippen LogP contribution in [0.25, 0.3) is 0 Å². The van der Waals surface area contributed by atoms with Crippen LogP contribution < -0.4 is 5.73 Å². The van der Waals surface area contributed by atoms with Crippen LogP contribution in [0.1, 0.15) is 136 Å². The molecule has 1 rings (SSSR count). The number of carboxylic acids is 1. The predicted octanol–water partition coefficient (Wildman–Crippen LogP) is 7.55. The lowest BCUT2D eigenvalue weighted by atomic mass is 9.89. The molecule has 0 bridgehead atoms. The van der Waals surface area contributed by atoms with E-state index in [2.05, 4.69) is 54.8 Å². The minimum atomic E-state index is -4.80. The van der Waals surface area contributed by atoms with Gasteiger partial charge < -0.3 is 40.5 Å². The van der Waals surface area contributed by atoms with Gasteiger partial charge in [-0.3, -0.25) is 23.4 Å². The van der Waals surface area contributed by atoms with E-state index in [0.717, 1.165) is 51.4 Å². The van der Waals surface area contributed by atoms with Gasteiger partial charge in [-0.1, -0.05) is 107 Å². The molecule has 1 aliphatic rings.